The lowest BCUT2D eigenvalue weighted by molar-refractivity contribution is 0.0917. The zero-order valence-corrected chi connectivity index (χ0v) is 54.2. The van der Waals surface area contributed by atoms with Crippen molar-refractivity contribution in [2.75, 3.05) is 98.2 Å². The highest BCUT2D eigenvalue weighted by Crippen LogP contribution is 2.18. The summed E-state index contributed by atoms with van der Waals surface area (Å²) in [5, 5.41) is 18.8. The van der Waals surface area contributed by atoms with Gasteiger partial charge in [0.2, 0.25) is 0 Å². The number of nitrogens with zero attached hydrogens (tertiary/aromatic N) is 3. The number of hydrogen-bond acceptors (Lipinski definition) is 10. The van der Waals surface area contributed by atoms with E-state index >= 15 is 0 Å². The first-order chi connectivity index (χ1) is 41.9. The van der Waals surface area contributed by atoms with E-state index in [2.05, 4.69) is 46.6 Å². The molecule has 0 aliphatic rings. The number of hydrogen-bond donors (Lipinski definition) is 7. The second-order valence-electron chi connectivity index (χ2n) is 24.0. The number of rotatable bonds is 32. The molecular weight excluding hydrogens is 1100 g/mol. The molecule has 0 spiro atoms. The third-order valence-electron chi connectivity index (χ3n) is 17.3. The van der Waals surface area contributed by atoms with Crippen LogP contribution in [0.3, 0.4) is 0 Å². The lowest BCUT2D eigenvalue weighted by atomic mass is 9.94. The van der Waals surface area contributed by atoms with E-state index in [1.165, 1.54) is 0 Å². The van der Waals surface area contributed by atoms with Crippen molar-refractivity contribution < 1.29 is 28.8 Å². The summed E-state index contributed by atoms with van der Waals surface area (Å²) >= 11 is 0. The molecule has 0 aliphatic heterocycles. The molecule has 0 heterocycles. The summed E-state index contributed by atoms with van der Waals surface area (Å²) in [6.45, 7) is 30.1. The normalized spacial score (nSPS) is 12.0. The van der Waals surface area contributed by atoms with Crippen LogP contribution in [0.2, 0.25) is 0 Å². The second-order valence-corrected chi connectivity index (χ2v) is 24.0. The molecule has 6 amide bonds. The molecular formula is C72H96N10O6. The summed E-state index contributed by atoms with van der Waals surface area (Å²) in [6, 6.07) is 33.6. The summed E-state index contributed by atoms with van der Waals surface area (Å²) in [5.74, 6) is -1.30. The minimum Gasteiger partial charge on any atom is -0.351 e. The molecule has 0 aromatic heterocycles. The molecule has 16 heteroatoms. The Morgan fingerprint density at radius 3 is 0.716 bits per heavy atom. The van der Waals surface area contributed by atoms with Gasteiger partial charge in [0.05, 0.1) is 0 Å². The first kappa shape index (κ1) is 69.1. The molecule has 0 saturated heterocycles. The number of benzene rings is 6. The van der Waals surface area contributed by atoms with Crippen LogP contribution in [0.5, 0.6) is 0 Å². The van der Waals surface area contributed by atoms with Crippen molar-refractivity contribution in [2.45, 2.75) is 95.5 Å². The van der Waals surface area contributed by atoms with E-state index in [0.29, 0.717) is 138 Å². The summed E-state index contributed by atoms with van der Waals surface area (Å²) in [5.41, 5.74) is 23.7. The van der Waals surface area contributed by atoms with E-state index in [-0.39, 0.29) is 41.4 Å². The number of amides is 6. The highest BCUT2D eigenvalue weighted by atomic mass is 16.2. The van der Waals surface area contributed by atoms with Gasteiger partial charge in [0, 0.05) is 131 Å². The maximum absolute atomic E-state index is 13.7. The first-order valence-corrected chi connectivity index (χ1v) is 31.0. The maximum Gasteiger partial charge on any atom is 0.251 e. The molecule has 0 radical (unpaired) electrons. The zero-order valence-electron chi connectivity index (χ0n) is 54.2. The Kier molecular flexibility index (Phi) is 26.6. The van der Waals surface area contributed by atoms with Crippen molar-refractivity contribution in [1.82, 2.24) is 46.6 Å². The average molecular weight is 1200 g/mol. The standard InChI is InChI=1S/C72H96N10O6/c1-47-13-19-59(39-53(47)7)67(83)74-26-33-80(34-27-75-68(84)60-20-14-48(2)54(8)40-60)32-25-65(45-81(35-28-76-69(85)61-21-15-49(3)55(9)41-61)36-29-77-70(86)62-22-16-50(4)56(10)42-62)66(73)46-82(37-30-78-71(87)63-23-17-51(5)57(11)43-63)38-31-79-72(88)64-24-18-52(6)58(12)44-64/h13-24,39-44,65-66H,25-38,45-46,73H2,1-12H3,(H,74,83)(H,75,84)(H,76,85)(H,77,86)(H,78,87)(H,79,88). The number of carbonyl (C=O) groups excluding carboxylic acids is 6. The van der Waals surface area contributed by atoms with E-state index in [1.807, 2.05) is 192 Å². The van der Waals surface area contributed by atoms with Crippen LogP contribution in [0.25, 0.3) is 0 Å². The topological polar surface area (TPSA) is 210 Å². The van der Waals surface area contributed by atoms with Gasteiger partial charge < -0.3 is 37.6 Å². The molecule has 6 aromatic rings. The van der Waals surface area contributed by atoms with Crippen LogP contribution in [0.15, 0.2) is 109 Å². The van der Waals surface area contributed by atoms with Crippen molar-refractivity contribution in [3.8, 4) is 0 Å². The van der Waals surface area contributed by atoms with Crippen LogP contribution >= 0.6 is 0 Å². The fourth-order valence-electron chi connectivity index (χ4n) is 10.4. The van der Waals surface area contributed by atoms with Crippen molar-refractivity contribution in [3.63, 3.8) is 0 Å². The quantitative estimate of drug-likeness (QED) is 0.0214. The third kappa shape index (κ3) is 21.4. The number of aryl methyl sites for hydroxylation is 12. The van der Waals surface area contributed by atoms with Crippen LogP contribution in [0, 0.1) is 89.0 Å². The minimum absolute atomic E-state index is 0.175. The molecule has 88 heavy (non-hydrogen) atoms. The van der Waals surface area contributed by atoms with Gasteiger partial charge in [-0.15, -0.1) is 0 Å². The lowest BCUT2D eigenvalue weighted by Crippen LogP contribution is -2.51. The fourth-order valence-corrected chi connectivity index (χ4v) is 10.4. The molecule has 16 nitrogen and oxygen atoms in total. The molecule has 2 atom stereocenters. The highest BCUT2D eigenvalue weighted by Gasteiger charge is 2.26. The molecule has 6 aromatic carbocycles. The fraction of sp³-hybridized carbons (Fsp3) is 0.417. The monoisotopic (exact) mass is 1200 g/mol. The van der Waals surface area contributed by atoms with Gasteiger partial charge in [0.15, 0.2) is 0 Å². The molecule has 2 unspecified atom stereocenters. The number of carbonyl (C=O) groups is 6. The van der Waals surface area contributed by atoms with Crippen LogP contribution in [0.4, 0.5) is 0 Å². The number of nitrogens with one attached hydrogen (secondary N) is 6. The van der Waals surface area contributed by atoms with Gasteiger partial charge in [-0.05, 0) is 242 Å². The van der Waals surface area contributed by atoms with E-state index < -0.39 is 6.04 Å². The summed E-state index contributed by atoms with van der Waals surface area (Å²) in [6.07, 6.45) is 0.582. The van der Waals surface area contributed by atoms with Crippen LogP contribution in [-0.2, 0) is 0 Å². The van der Waals surface area contributed by atoms with E-state index in [4.69, 9.17) is 5.73 Å². The van der Waals surface area contributed by atoms with Crippen molar-refractivity contribution in [2.24, 2.45) is 11.7 Å². The SMILES string of the molecule is Cc1ccc(C(=O)NCCN(CCNC(=O)c2ccc(C)c(C)c2)CCC(CN(CCNC(=O)c2ccc(C)c(C)c2)CCNC(=O)c2ccc(C)c(C)c2)C(N)CN(CCNC(=O)c2ccc(C)c(C)c2)CCNC(=O)c2ccc(C)c(C)c2)cc1C. The van der Waals surface area contributed by atoms with E-state index in [1.54, 1.807) is 0 Å². The molecule has 470 valence electrons. The second kappa shape index (κ2) is 33.9. The maximum atomic E-state index is 13.7. The molecule has 0 bridgehead atoms. The van der Waals surface area contributed by atoms with Gasteiger partial charge in [-0.3, -0.25) is 43.5 Å². The van der Waals surface area contributed by atoms with Crippen molar-refractivity contribution in [1.29, 1.82) is 0 Å². The molecule has 0 fully saturated rings. The first-order valence-electron chi connectivity index (χ1n) is 31.0. The smallest absolute Gasteiger partial charge is 0.251 e. The third-order valence-corrected chi connectivity index (χ3v) is 17.3. The minimum atomic E-state index is -0.473. The number of nitrogens with two attached hydrogens (primary N) is 1. The van der Waals surface area contributed by atoms with Crippen LogP contribution < -0.4 is 37.6 Å². The molecule has 0 aliphatic carbocycles. The van der Waals surface area contributed by atoms with Gasteiger partial charge in [-0.1, -0.05) is 36.4 Å². The zero-order chi connectivity index (χ0) is 64.0. The van der Waals surface area contributed by atoms with Crippen molar-refractivity contribution in [3.05, 3.63) is 209 Å². The van der Waals surface area contributed by atoms with Gasteiger partial charge in [0.25, 0.3) is 35.4 Å². The molecule has 6 rings (SSSR count). The summed E-state index contributed by atoms with van der Waals surface area (Å²) in [4.78, 5) is 88.3. The molecule has 0 saturated carbocycles. The predicted molar refractivity (Wildman–Crippen MR) is 355 cm³/mol. The Hall–Kier alpha value is -8.02. The van der Waals surface area contributed by atoms with Gasteiger partial charge in [-0.25, -0.2) is 0 Å². The highest BCUT2D eigenvalue weighted by molar-refractivity contribution is 5.97. The lowest BCUT2D eigenvalue weighted by Gasteiger charge is -2.35. The Morgan fingerprint density at radius 1 is 0.295 bits per heavy atom. The Balaban J connectivity index is 1.29. The largest absolute Gasteiger partial charge is 0.351 e. The Labute approximate surface area is 523 Å². The summed E-state index contributed by atoms with van der Waals surface area (Å²) in [7, 11) is 0. The van der Waals surface area contributed by atoms with Crippen molar-refractivity contribution >= 4 is 35.4 Å². The van der Waals surface area contributed by atoms with Gasteiger partial charge >= 0.3 is 0 Å². The molecule has 8 N–H and O–H groups in total. The Bertz CT molecular complexity index is 3190. The average Bonchev–Trinajstić information content (AvgIpc) is 3.70. The van der Waals surface area contributed by atoms with Gasteiger partial charge in [-0.2, -0.15) is 0 Å². The van der Waals surface area contributed by atoms with E-state index in [0.717, 1.165) is 66.8 Å². The van der Waals surface area contributed by atoms with E-state index in [9.17, 15) is 28.8 Å². The van der Waals surface area contributed by atoms with Crippen LogP contribution in [-0.4, -0.2) is 154 Å². The van der Waals surface area contributed by atoms with Gasteiger partial charge in [0.1, 0.15) is 0 Å². The predicted octanol–water partition coefficient (Wildman–Crippen LogP) is 8.51. The van der Waals surface area contributed by atoms with Crippen LogP contribution in [0.1, 0.15) is 135 Å². The Morgan fingerprint density at radius 2 is 0.500 bits per heavy atom. The summed E-state index contributed by atoms with van der Waals surface area (Å²) < 4.78 is 0.